The molecule has 100 valence electrons. The van der Waals surface area contributed by atoms with Gasteiger partial charge >= 0.3 is 0 Å². The van der Waals surface area contributed by atoms with Gasteiger partial charge in [-0.05, 0) is 25.7 Å². The maximum Gasteiger partial charge on any atom is 0.232 e. The minimum Gasteiger partial charge on any atom is -0.392 e. The minimum absolute atomic E-state index is 0.0319. The fraction of sp³-hybridized carbons (Fsp3) is 0.846. The van der Waals surface area contributed by atoms with Crippen molar-refractivity contribution in [1.29, 1.82) is 0 Å². The van der Waals surface area contributed by atoms with Crippen LogP contribution in [-0.4, -0.2) is 34.1 Å². The lowest BCUT2D eigenvalue weighted by atomic mass is 9.86. The molecule has 5 heteroatoms. The van der Waals surface area contributed by atoms with Crippen molar-refractivity contribution in [3.8, 4) is 0 Å². The highest BCUT2D eigenvalue weighted by molar-refractivity contribution is 5.00. The number of hydrogen-bond acceptors (Lipinski definition) is 5. The summed E-state index contributed by atoms with van der Waals surface area (Å²) >= 11 is 0. The molecule has 1 aromatic heterocycles. The summed E-state index contributed by atoms with van der Waals surface area (Å²) in [5, 5.41) is 14.0. The number of aliphatic hydroxyl groups is 1. The van der Waals surface area contributed by atoms with Crippen LogP contribution in [-0.2, 0) is 11.2 Å². The van der Waals surface area contributed by atoms with Gasteiger partial charge in [0.25, 0.3) is 0 Å². The van der Waals surface area contributed by atoms with Gasteiger partial charge in [-0.1, -0.05) is 18.0 Å². The van der Waals surface area contributed by atoms with Crippen molar-refractivity contribution in [2.75, 3.05) is 6.61 Å². The zero-order valence-electron chi connectivity index (χ0n) is 10.5. The lowest BCUT2D eigenvalue weighted by Gasteiger charge is -2.24. The molecular formula is C13H20N2O3. The Balaban J connectivity index is 1.64. The SMILES string of the molecule is OC1CCCCC1c1nc(CC2CCCO2)no1. The molecule has 1 aliphatic carbocycles. The summed E-state index contributed by atoms with van der Waals surface area (Å²) in [6.45, 7) is 0.844. The molecular weight excluding hydrogens is 232 g/mol. The zero-order valence-corrected chi connectivity index (χ0v) is 10.5. The Kier molecular flexibility index (Phi) is 3.61. The van der Waals surface area contributed by atoms with Crippen LogP contribution in [0.25, 0.3) is 0 Å². The van der Waals surface area contributed by atoms with E-state index in [4.69, 9.17) is 9.26 Å². The molecule has 2 fully saturated rings. The maximum absolute atomic E-state index is 9.96. The molecule has 5 nitrogen and oxygen atoms in total. The van der Waals surface area contributed by atoms with Crippen molar-refractivity contribution in [3.05, 3.63) is 11.7 Å². The molecule has 1 saturated heterocycles. The van der Waals surface area contributed by atoms with Crippen LogP contribution in [0.3, 0.4) is 0 Å². The number of nitrogens with zero attached hydrogens (tertiary/aromatic N) is 2. The van der Waals surface area contributed by atoms with E-state index in [0.717, 1.165) is 57.4 Å². The largest absolute Gasteiger partial charge is 0.392 e. The molecule has 0 amide bonds. The lowest BCUT2D eigenvalue weighted by molar-refractivity contribution is 0.0907. The van der Waals surface area contributed by atoms with E-state index < -0.39 is 0 Å². The number of hydrogen-bond donors (Lipinski definition) is 1. The number of ether oxygens (including phenoxy) is 1. The first kappa shape index (κ1) is 12.1. The fourth-order valence-corrected chi connectivity index (χ4v) is 2.91. The summed E-state index contributed by atoms with van der Waals surface area (Å²) in [4.78, 5) is 4.43. The summed E-state index contributed by atoms with van der Waals surface area (Å²) in [5.41, 5.74) is 0. The Hall–Kier alpha value is -0.940. The highest BCUT2D eigenvalue weighted by Crippen LogP contribution is 2.32. The van der Waals surface area contributed by atoms with E-state index in [1.165, 1.54) is 0 Å². The van der Waals surface area contributed by atoms with Gasteiger partial charge < -0.3 is 14.4 Å². The van der Waals surface area contributed by atoms with E-state index in [-0.39, 0.29) is 18.1 Å². The van der Waals surface area contributed by atoms with E-state index in [1.54, 1.807) is 0 Å². The van der Waals surface area contributed by atoms with Crippen LogP contribution in [0, 0.1) is 0 Å². The van der Waals surface area contributed by atoms with Gasteiger partial charge in [0.2, 0.25) is 5.89 Å². The first-order chi connectivity index (χ1) is 8.83. The molecule has 1 aromatic rings. The second-order valence-electron chi connectivity index (χ2n) is 5.35. The fourth-order valence-electron chi connectivity index (χ4n) is 2.91. The lowest BCUT2D eigenvalue weighted by Crippen LogP contribution is -2.22. The molecule has 1 saturated carbocycles. The van der Waals surface area contributed by atoms with E-state index in [0.29, 0.717) is 5.89 Å². The van der Waals surface area contributed by atoms with Gasteiger partial charge in [0.1, 0.15) is 0 Å². The number of aromatic nitrogens is 2. The molecule has 1 aliphatic heterocycles. The monoisotopic (exact) mass is 252 g/mol. The van der Waals surface area contributed by atoms with E-state index in [1.807, 2.05) is 0 Å². The average molecular weight is 252 g/mol. The van der Waals surface area contributed by atoms with Gasteiger partial charge in [-0.2, -0.15) is 4.98 Å². The third-order valence-corrected chi connectivity index (χ3v) is 3.96. The predicted molar refractivity (Wildman–Crippen MR) is 64.2 cm³/mol. The van der Waals surface area contributed by atoms with Crippen LogP contribution in [0.15, 0.2) is 4.52 Å². The van der Waals surface area contributed by atoms with Gasteiger partial charge in [-0.3, -0.25) is 0 Å². The van der Waals surface area contributed by atoms with E-state index in [2.05, 4.69) is 10.1 Å². The predicted octanol–water partition coefficient (Wildman–Crippen LogP) is 1.81. The Labute approximate surface area is 107 Å². The van der Waals surface area contributed by atoms with Crippen molar-refractivity contribution < 1.29 is 14.4 Å². The summed E-state index contributed by atoms with van der Waals surface area (Å²) in [5.74, 6) is 1.36. The smallest absolute Gasteiger partial charge is 0.232 e. The normalized spacial score (nSPS) is 32.8. The van der Waals surface area contributed by atoms with Crippen molar-refractivity contribution >= 4 is 0 Å². The molecule has 18 heavy (non-hydrogen) atoms. The van der Waals surface area contributed by atoms with Crippen molar-refractivity contribution in [2.24, 2.45) is 0 Å². The van der Waals surface area contributed by atoms with Crippen LogP contribution >= 0.6 is 0 Å². The minimum atomic E-state index is -0.324. The molecule has 3 unspecified atom stereocenters. The molecule has 2 heterocycles. The first-order valence-corrected chi connectivity index (χ1v) is 6.95. The van der Waals surface area contributed by atoms with Gasteiger partial charge in [0, 0.05) is 13.0 Å². The van der Waals surface area contributed by atoms with Gasteiger partial charge in [0.15, 0.2) is 5.82 Å². The van der Waals surface area contributed by atoms with E-state index >= 15 is 0 Å². The summed E-state index contributed by atoms with van der Waals surface area (Å²) in [7, 11) is 0. The third kappa shape index (κ3) is 2.57. The van der Waals surface area contributed by atoms with E-state index in [9.17, 15) is 5.11 Å². The molecule has 0 bridgehead atoms. The van der Waals surface area contributed by atoms with Crippen LogP contribution in [0.1, 0.15) is 56.2 Å². The molecule has 0 spiro atoms. The third-order valence-electron chi connectivity index (χ3n) is 3.96. The maximum atomic E-state index is 9.96. The summed E-state index contributed by atoms with van der Waals surface area (Å²) in [6.07, 6.45) is 6.86. The molecule has 2 aliphatic rings. The molecule has 1 N–H and O–H groups in total. The zero-order chi connectivity index (χ0) is 12.4. The number of aliphatic hydroxyl groups excluding tert-OH is 1. The van der Waals surface area contributed by atoms with Crippen LogP contribution < -0.4 is 0 Å². The van der Waals surface area contributed by atoms with Gasteiger partial charge in [-0.25, -0.2) is 0 Å². The van der Waals surface area contributed by atoms with Crippen LogP contribution in [0.2, 0.25) is 0 Å². The van der Waals surface area contributed by atoms with Gasteiger partial charge in [0.05, 0.1) is 18.1 Å². The van der Waals surface area contributed by atoms with Crippen molar-refractivity contribution in [3.63, 3.8) is 0 Å². The molecule has 3 rings (SSSR count). The highest BCUT2D eigenvalue weighted by atomic mass is 16.5. The first-order valence-electron chi connectivity index (χ1n) is 6.95. The molecule has 0 radical (unpaired) electrons. The molecule has 0 aromatic carbocycles. The summed E-state index contributed by atoms with van der Waals surface area (Å²) in [6, 6.07) is 0. The second kappa shape index (κ2) is 5.36. The van der Waals surface area contributed by atoms with Crippen molar-refractivity contribution in [2.45, 2.75) is 63.1 Å². The quantitative estimate of drug-likeness (QED) is 0.888. The topological polar surface area (TPSA) is 68.4 Å². The highest BCUT2D eigenvalue weighted by Gasteiger charge is 2.30. The van der Waals surface area contributed by atoms with Crippen molar-refractivity contribution in [1.82, 2.24) is 10.1 Å². The van der Waals surface area contributed by atoms with Crippen LogP contribution in [0.5, 0.6) is 0 Å². The molecule has 3 atom stereocenters. The average Bonchev–Trinajstić information content (AvgIpc) is 3.02. The van der Waals surface area contributed by atoms with Gasteiger partial charge in [-0.15, -0.1) is 0 Å². The second-order valence-corrected chi connectivity index (χ2v) is 5.35. The Morgan fingerprint density at radius 1 is 1.17 bits per heavy atom. The standard InChI is InChI=1S/C13H20N2O3/c16-11-6-2-1-5-10(11)13-14-12(15-18-13)8-9-4-3-7-17-9/h9-11,16H,1-8H2. The Morgan fingerprint density at radius 2 is 2.06 bits per heavy atom. The Bertz CT molecular complexity index is 387. The van der Waals surface area contributed by atoms with Crippen LogP contribution in [0.4, 0.5) is 0 Å². The summed E-state index contributed by atoms with van der Waals surface area (Å²) < 4.78 is 10.9. The Morgan fingerprint density at radius 3 is 2.83 bits per heavy atom. The number of rotatable bonds is 3.